The number of hydrogen-bond donors (Lipinski definition) is 2. The average molecular weight is 746 g/mol. The van der Waals surface area contributed by atoms with Crippen molar-refractivity contribution in [3.05, 3.63) is 70.9 Å². The molecule has 9 heteroatoms. The molecule has 0 aromatic carbocycles. The van der Waals surface area contributed by atoms with Gasteiger partial charge in [-0.1, -0.05) is 126 Å². The van der Waals surface area contributed by atoms with Crippen molar-refractivity contribution in [1.82, 2.24) is 5.32 Å². The molecule has 0 fully saturated rings. The van der Waals surface area contributed by atoms with Gasteiger partial charge in [0.2, 0.25) is 5.91 Å². The molecule has 1 aliphatic rings. The molecule has 296 valence electrons. The molecule has 0 bridgehead atoms. The fourth-order valence-electron chi connectivity index (χ4n) is 6.15. The van der Waals surface area contributed by atoms with E-state index in [1.54, 1.807) is 0 Å². The van der Waals surface area contributed by atoms with Crippen molar-refractivity contribution in [1.29, 1.82) is 0 Å². The molecular formula is C43H72NO7P. The van der Waals surface area contributed by atoms with Crippen molar-refractivity contribution in [3.8, 4) is 0 Å². The third-order valence-corrected chi connectivity index (χ3v) is 10.3. The molecule has 0 saturated carbocycles. The lowest BCUT2D eigenvalue weighted by atomic mass is 9.72. The van der Waals surface area contributed by atoms with Gasteiger partial charge in [-0.15, -0.1) is 0 Å². The number of esters is 1. The van der Waals surface area contributed by atoms with Crippen molar-refractivity contribution < 1.29 is 32.8 Å². The van der Waals surface area contributed by atoms with Gasteiger partial charge in [-0.25, -0.2) is 4.57 Å². The molecule has 0 aromatic heterocycles. The topological polar surface area (TPSA) is 111 Å². The first kappa shape index (κ1) is 47.5. The fourth-order valence-corrected chi connectivity index (χ4v) is 6.90. The predicted molar refractivity (Wildman–Crippen MR) is 216 cm³/mol. The molecule has 1 rings (SSSR count). The van der Waals surface area contributed by atoms with Crippen LogP contribution in [0, 0.1) is 5.41 Å². The third kappa shape index (κ3) is 25.5. The number of amides is 1. The number of allylic oxidation sites excluding steroid dienone is 11. The quantitative estimate of drug-likeness (QED) is 0.0196. The van der Waals surface area contributed by atoms with E-state index in [0.717, 1.165) is 43.3 Å². The number of carbonyl (C=O) groups excluding carboxylic acids is 2. The van der Waals surface area contributed by atoms with Gasteiger partial charge in [0.25, 0.3) is 0 Å². The molecule has 8 nitrogen and oxygen atoms in total. The standard InChI is InChI=1S/C43H72NO7P/c1-7-8-9-10-11-12-13-14-15-16-17-18-19-20-21-28-42(46)49-33-24-34-50-52(47,48)51-35-32-44-41(45)36-38(3)26-22-25-37(2)29-30-40-39(4)27-23-31-43(40,5)6/h14-15,22,25-26,29-30,36H,7-13,16-21,23-24,27-28,31-35H2,1-6H3,(H,44,45)(H,47,48)/b15-14-,26-22+,30-29+,37-25+,38-36+. The molecule has 0 aliphatic heterocycles. The minimum absolute atomic E-state index is 0.0453. The van der Waals surface area contributed by atoms with E-state index in [1.165, 1.54) is 87.9 Å². The van der Waals surface area contributed by atoms with Crippen LogP contribution in [0.25, 0.3) is 0 Å². The van der Waals surface area contributed by atoms with Gasteiger partial charge in [0.05, 0.1) is 19.8 Å². The summed E-state index contributed by atoms with van der Waals surface area (Å²) in [6.07, 6.45) is 36.2. The molecule has 1 unspecified atom stereocenters. The second-order valence-electron chi connectivity index (χ2n) is 14.8. The summed E-state index contributed by atoms with van der Waals surface area (Å²) in [5, 5.41) is 2.64. The van der Waals surface area contributed by atoms with Gasteiger partial charge >= 0.3 is 13.8 Å². The van der Waals surface area contributed by atoms with Crippen LogP contribution in [0.2, 0.25) is 0 Å². The number of rotatable bonds is 29. The van der Waals surface area contributed by atoms with Crippen LogP contribution in [-0.4, -0.2) is 43.1 Å². The number of nitrogens with one attached hydrogen (secondary N) is 1. The lowest BCUT2D eigenvalue weighted by Gasteiger charge is -2.32. The van der Waals surface area contributed by atoms with Crippen LogP contribution in [0.3, 0.4) is 0 Å². The molecule has 52 heavy (non-hydrogen) atoms. The summed E-state index contributed by atoms with van der Waals surface area (Å²) in [7, 11) is -4.28. The van der Waals surface area contributed by atoms with Crippen LogP contribution < -0.4 is 5.32 Å². The summed E-state index contributed by atoms with van der Waals surface area (Å²) in [6.45, 7) is 12.9. The maximum absolute atomic E-state index is 12.2. The van der Waals surface area contributed by atoms with E-state index in [0.29, 0.717) is 6.42 Å². The zero-order chi connectivity index (χ0) is 38.5. The largest absolute Gasteiger partial charge is 0.472 e. The summed E-state index contributed by atoms with van der Waals surface area (Å²) in [6, 6.07) is 0. The molecule has 2 N–H and O–H groups in total. The number of carbonyl (C=O) groups is 2. The first-order chi connectivity index (χ1) is 24.9. The van der Waals surface area contributed by atoms with Gasteiger partial charge in [-0.2, -0.15) is 0 Å². The highest BCUT2D eigenvalue weighted by Crippen LogP contribution is 2.43. The minimum atomic E-state index is -4.28. The van der Waals surface area contributed by atoms with E-state index in [1.807, 2.05) is 25.2 Å². The van der Waals surface area contributed by atoms with E-state index >= 15 is 0 Å². The molecule has 0 heterocycles. The summed E-state index contributed by atoms with van der Waals surface area (Å²) in [4.78, 5) is 34.1. The van der Waals surface area contributed by atoms with Crippen LogP contribution in [-0.2, 0) is 27.9 Å². The van der Waals surface area contributed by atoms with Gasteiger partial charge in [-0.05, 0) is 88.7 Å². The van der Waals surface area contributed by atoms with Crippen LogP contribution in [0.5, 0.6) is 0 Å². The van der Waals surface area contributed by atoms with E-state index in [4.69, 9.17) is 13.8 Å². The Labute approximate surface area is 316 Å². The lowest BCUT2D eigenvalue weighted by Crippen LogP contribution is -2.25. The summed E-state index contributed by atoms with van der Waals surface area (Å²) in [5.41, 5.74) is 4.98. The Bertz CT molecular complexity index is 1260. The molecular weight excluding hydrogens is 673 g/mol. The van der Waals surface area contributed by atoms with Gasteiger partial charge in [0, 0.05) is 25.5 Å². The van der Waals surface area contributed by atoms with Crippen LogP contribution in [0.15, 0.2) is 70.9 Å². The number of ether oxygens (including phenoxy) is 1. The van der Waals surface area contributed by atoms with Gasteiger partial charge in [0.15, 0.2) is 0 Å². The second kappa shape index (κ2) is 28.9. The summed E-state index contributed by atoms with van der Waals surface area (Å²) in [5.74, 6) is -0.590. The maximum Gasteiger partial charge on any atom is 0.472 e. The fraction of sp³-hybridized carbons (Fsp3) is 0.674. The number of unbranched alkanes of at least 4 members (excludes halogenated alkanes) is 11. The van der Waals surface area contributed by atoms with Crippen LogP contribution in [0.4, 0.5) is 0 Å². The van der Waals surface area contributed by atoms with Crippen LogP contribution in [0.1, 0.15) is 157 Å². The third-order valence-electron chi connectivity index (χ3n) is 9.24. The smallest absolute Gasteiger partial charge is 0.466 e. The molecule has 1 aliphatic carbocycles. The molecule has 0 radical (unpaired) electrons. The Morgan fingerprint density at radius 1 is 0.846 bits per heavy atom. The average Bonchev–Trinajstić information content (AvgIpc) is 3.07. The highest BCUT2D eigenvalue weighted by atomic mass is 31.2. The number of phosphoric ester groups is 1. The Morgan fingerprint density at radius 3 is 2.15 bits per heavy atom. The first-order valence-electron chi connectivity index (χ1n) is 20.0. The number of hydrogen-bond acceptors (Lipinski definition) is 6. The molecule has 0 aromatic rings. The summed E-state index contributed by atoms with van der Waals surface area (Å²) >= 11 is 0. The first-order valence-corrected chi connectivity index (χ1v) is 21.5. The minimum Gasteiger partial charge on any atom is -0.466 e. The van der Waals surface area contributed by atoms with Gasteiger partial charge in [-0.3, -0.25) is 18.6 Å². The predicted octanol–water partition coefficient (Wildman–Crippen LogP) is 11.7. The van der Waals surface area contributed by atoms with E-state index in [2.05, 4.69) is 64.2 Å². The maximum atomic E-state index is 12.2. The van der Waals surface area contributed by atoms with E-state index in [9.17, 15) is 19.0 Å². The van der Waals surface area contributed by atoms with E-state index in [-0.39, 0.29) is 50.1 Å². The highest BCUT2D eigenvalue weighted by Gasteiger charge is 2.26. The van der Waals surface area contributed by atoms with Crippen molar-refractivity contribution in [2.24, 2.45) is 5.41 Å². The molecule has 1 atom stereocenters. The lowest BCUT2D eigenvalue weighted by molar-refractivity contribution is -0.144. The monoisotopic (exact) mass is 746 g/mol. The Balaban J connectivity index is 2.10. The van der Waals surface area contributed by atoms with Crippen molar-refractivity contribution >= 4 is 19.7 Å². The van der Waals surface area contributed by atoms with Gasteiger partial charge in [0.1, 0.15) is 0 Å². The Kier molecular flexibility index (Phi) is 26.4. The van der Waals surface area contributed by atoms with Crippen molar-refractivity contribution in [3.63, 3.8) is 0 Å². The molecule has 1 amide bonds. The normalized spacial score (nSPS) is 16.7. The van der Waals surface area contributed by atoms with Gasteiger partial charge < -0.3 is 14.9 Å². The van der Waals surface area contributed by atoms with Crippen LogP contribution >= 0.6 is 7.82 Å². The SMILES string of the molecule is CCCCCCCC/C=C\CCCCCCCC(=O)OCCCOP(=O)(O)OCCNC(=O)/C=C(C)/C=C/C=C(C)/C=C/C1=C(C)CCCC1(C)C. The zero-order valence-corrected chi connectivity index (χ0v) is 34.4. The van der Waals surface area contributed by atoms with E-state index < -0.39 is 7.82 Å². The highest BCUT2D eigenvalue weighted by molar-refractivity contribution is 7.47. The summed E-state index contributed by atoms with van der Waals surface area (Å²) < 4.78 is 27.2. The van der Waals surface area contributed by atoms with Crippen molar-refractivity contribution in [2.75, 3.05) is 26.4 Å². The molecule has 0 spiro atoms. The Morgan fingerprint density at radius 2 is 1.48 bits per heavy atom. The zero-order valence-electron chi connectivity index (χ0n) is 33.5. The number of phosphoric acid groups is 1. The second-order valence-corrected chi connectivity index (χ2v) is 16.2. The van der Waals surface area contributed by atoms with Crippen molar-refractivity contribution in [2.45, 2.75) is 157 Å². The molecule has 0 saturated heterocycles. The Hall–Kier alpha value is -2.51.